The maximum atomic E-state index is 12.2. The van der Waals surface area contributed by atoms with Gasteiger partial charge in [0.25, 0.3) is 0 Å². The lowest BCUT2D eigenvalue weighted by Crippen LogP contribution is -2.19. The number of nitrogens with zero attached hydrogens (tertiary/aromatic N) is 3. The molecule has 8 heteroatoms. The quantitative estimate of drug-likeness (QED) is 0.549. The molecule has 3 aromatic rings. The van der Waals surface area contributed by atoms with Crippen LogP contribution in [0.25, 0.3) is 16.7 Å². The minimum Gasteiger partial charge on any atom is -0.462 e. The van der Waals surface area contributed by atoms with Gasteiger partial charge in [-0.15, -0.1) is 11.6 Å². The summed E-state index contributed by atoms with van der Waals surface area (Å²) in [6.45, 7) is 3.87. The van der Waals surface area contributed by atoms with Gasteiger partial charge in [0.2, 0.25) is 5.91 Å². The fraction of sp³-hybridized carbons (Fsp3) is 0.222. The van der Waals surface area contributed by atoms with Crippen molar-refractivity contribution in [3.05, 3.63) is 47.7 Å². The Morgan fingerprint density at radius 3 is 2.81 bits per heavy atom. The first-order valence-corrected chi connectivity index (χ1v) is 8.56. The SMILES string of the molecule is CCOC(=O)c1cnn(-c2cc(C)c3ccccc3n2)c1NC(=O)CCl. The number of amides is 1. The van der Waals surface area contributed by atoms with Crippen molar-refractivity contribution < 1.29 is 14.3 Å². The van der Waals surface area contributed by atoms with Gasteiger partial charge in [0, 0.05) is 5.39 Å². The molecule has 26 heavy (non-hydrogen) atoms. The van der Waals surface area contributed by atoms with Crippen LogP contribution >= 0.6 is 11.6 Å². The highest BCUT2D eigenvalue weighted by Crippen LogP contribution is 2.24. The van der Waals surface area contributed by atoms with Gasteiger partial charge in [0.1, 0.15) is 11.4 Å². The van der Waals surface area contributed by atoms with Gasteiger partial charge in [-0.25, -0.2) is 9.78 Å². The number of para-hydroxylation sites is 1. The highest BCUT2D eigenvalue weighted by Gasteiger charge is 2.22. The number of aromatic nitrogens is 3. The van der Waals surface area contributed by atoms with Crippen LogP contribution < -0.4 is 5.32 Å². The van der Waals surface area contributed by atoms with E-state index in [0.29, 0.717) is 5.82 Å². The predicted molar refractivity (Wildman–Crippen MR) is 98.9 cm³/mol. The summed E-state index contributed by atoms with van der Waals surface area (Å²) in [4.78, 5) is 28.6. The van der Waals surface area contributed by atoms with E-state index in [9.17, 15) is 9.59 Å². The van der Waals surface area contributed by atoms with E-state index in [1.165, 1.54) is 10.9 Å². The molecule has 0 fully saturated rings. The van der Waals surface area contributed by atoms with E-state index in [2.05, 4.69) is 15.4 Å². The van der Waals surface area contributed by atoms with Crippen LogP contribution in [0, 0.1) is 6.92 Å². The zero-order valence-electron chi connectivity index (χ0n) is 14.3. The second-order valence-electron chi connectivity index (χ2n) is 5.54. The molecule has 0 bridgehead atoms. The van der Waals surface area contributed by atoms with Crippen LogP contribution in [-0.2, 0) is 9.53 Å². The Morgan fingerprint density at radius 2 is 2.08 bits per heavy atom. The molecule has 0 saturated carbocycles. The summed E-state index contributed by atoms with van der Waals surface area (Å²) in [6.07, 6.45) is 1.34. The van der Waals surface area contributed by atoms with Crippen molar-refractivity contribution in [1.82, 2.24) is 14.8 Å². The summed E-state index contributed by atoms with van der Waals surface area (Å²) in [6, 6.07) is 9.53. The number of esters is 1. The lowest BCUT2D eigenvalue weighted by Gasteiger charge is -2.11. The first kappa shape index (κ1) is 17.9. The second kappa shape index (κ2) is 7.53. The number of carbonyl (C=O) groups is 2. The van der Waals surface area contributed by atoms with Crippen LogP contribution in [0.15, 0.2) is 36.5 Å². The van der Waals surface area contributed by atoms with Gasteiger partial charge in [0.15, 0.2) is 11.6 Å². The number of benzene rings is 1. The van der Waals surface area contributed by atoms with Gasteiger partial charge in [-0.1, -0.05) is 18.2 Å². The van der Waals surface area contributed by atoms with Crippen molar-refractivity contribution >= 4 is 40.2 Å². The minimum absolute atomic E-state index is 0.137. The zero-order valence-corrected chi connectivity index (χ0v) is 15.1. The van der Waals surface area contributed by atoms with E-state index < -0.39 is 11.9 Å². The van der Waals surface area contributed by atoms with Gasteiger partial charge in [0.05, 0.1) is 18.3 Å². The van der Waals surface area contributed by atoms with Crippen molar-refractivity contribution in [3.8, 4) is 5.82 Å². The van der Waals surface area contributed by atoms with Crippen LogP contribution in [0.2, 0.25) is 0 Å². The number of pyridine rings is 1. The third kappa shape index (κ3) is 3.39. The van der Waals surface area contributed by atoms with E-state index >= 15 is 0 Å². The molecule has 0 spiro atoms. The van der Waals surface area contributed by atoms with E-state index in [4.69, 9.17) is 16.3 Å². The third-order valence-electron chi connectivity index (χ3n) is 3.77. The smallest absolute Gasteiger partial charge is 0.343 e. The highest BCUT2D eigenvalue weighted by atomic mass is 35.5. The number of ether oxygens (including phenoxy) is 1. The Morgan fingerprint density at radius 1 is 1.31 bits per heavy atom. The monoisotopic (exact) mass is 372 g/mol. The molecule has 0 radical (unpaired) electrons. The summed E-state index contributed by atoms with van der Waals surface area (Å²) < 4.78 is 6.43. The molecule has 2 heterocycles. The van der Waals surface area contributed by atoms with Crippen molar-refractivity contribution in [2.24, 2.45) is 0 Å². The lowest BCUT2D eigenvalue weighted by atomic mass is 10.1. The van der Waals surface area contributed by atoms with Crippen LogP contribution in [0.1, 0.15) is 22.8 Å². The highest BCUT2D eigenvalue weighted by molar-refractivity contribution is 6.29. The minimum atomic E-state index is -0.582. The van der Waals surface area contributed by atoms with Gasteiger partial charge in [-0.2, -0.15) is 9.78 Å². The Labute approximate surface area is 154 Å². The molecule has 1 aromatic carbocycles. The summed E-state index contributed by atoms with van der Waals surface area (Å²) in [5.74, 6) is -0.645. The maximum Gasteiger partial charge on any atom is 0.343 e. The predicted octanol–water partition coefficient (Wildman–Crippen LogP) is 3.08. The molecule has 0 aliphatic heterocycles. The average Bonchev–Trinajstić information content (AvgIpc) is 3.05. The third-order valence-corrected chi connectivity index (χ3v) is 4.01. The van der Waals surface area contributed by atoms with Gasteiger partial charge < -0.3 is 10.1 Å². The van der Waals surface area contributed by atoms with Crippen molar-refractivity contribution in [2.45, 2.75) is 13.8 Å². The topological polar surface area (TPSA) is 86.1 Å². The Kier molecular flexibility index (Phi) is 5.18. The number of nitrogens with one attached hydrogen (secondary N) is 1. The second-order valence-corrected chi connectivity index (χ2v) is 5.80. The fourth-order valence-electron chi connectivity index (χ4n) is 2.61. The first-order chi connectivity index (χ1) is 12.5. The Hall–Kier alpha value is -2.93. The van der Waals surface area contributed by atoms with Crippen molar-refractivity contribution in [3.63, 3.8) is 0 Å². The molecule has 134 valence electrons. The summed E-state index contributed by atoms with van der Waals surface area (Å²) in [7, 11) is 0. The number of aryl methyl sites for hydroxylation is 1. The number of carbonyl (C=O) groups excluding carboxylic acids is 2. The van der Waals surface area contributed by atoms with Crippen molar-refractivity contribution in [1.29, 1.82) is 0 Å². The standard InChI is InChI=1S/C18H17ClN4O3/c1-3-26-18(25)13-10-20-23(17(13)22-16(24)9-19)15-8-11(2)12-6-4-5-7-14(12)21-15/h4-8,10H,3,9H2,1-2H3,(H,22,24). The van der Waals surface area contributed by atoms with Gasteiger partial charge in [-0.3, -0.25) is 4.79 Å². The molecule has 2 aromatic heterocycles. The van der Waals surface area contributed by atoms with E-state index in [1.807, 2.05) is 37.3 Å². The van der Waals surface area contributed by atoms with Gasteiger partial charge in [-0.05, 0) is 31.5 Å². The van der Waals surface area contributed by atoms with E-state index in [-0.39, 0.29) is 23.9 Å². The molecule has 1 N–H and O–H groups in total. The summed E-state index contributed by atoms with van der Waals surface area (Å²) >= 11 is 5.59. The molecule has 0 unspecified atom stereocenters. The van der Waals surface area contributed by atoms with Crippen LogP contribution in [-0.4, -0.2) is 39.1 Å². The Balaban J connectivity index is 2.15. The summed E-state index contributed by atoms with van der Waals surface area (Å²) in [5, 5.41) is 7.84. The summed E-state index contributed by atoms with van der Waals surface area (Å²) in [5.41, 5.74) is 1.91. The van der Waals surface area contributed by atoms with Crippen LogP contribution in [0.4, 0.5) is 5.82 Å². The molecule has 0 saturated heterocycles. The molecule has 0 aliphatic carbocycles. The molecule has 1 amide bonds. The van der Waals surface area contributed by atoms with Crippen LogP contribution in [0.5, 0.6) is 0 Å². The van der Waals surface area contributed by atoms with Crippen molar-refractivity contribution in [2.75, 3.05) is 17.8 Å². The number of rotatable bonds is 5. The Bertz CT molecular complexity index is 984. The van der Waals surface area contributed by atoms with E-state index in [1.54, 1.807) is 6.92 Å². The molecule has 0 atom stereocenters. The molecular weight excluding hydrogens is 356 g/mol. The largest absolute Gasteiger partial charge is 0.462 e. The lowest BCUT2D eigenvalue weighted by molar-refractivity contribution is -0.114. The molecule has 3 rings (SSSR count). The number of fused-ring (bicyclic) bond motifs is 1. The van der Waals surface area contributed by atoms with Crippen LogP contribution in [0.3, 0.4) is 0 Å². The molecule has 0 aliphatic rings. The fourth-order valence-corrected chi connectivity index (χ4v) is 2.67. The molecule has 7 nitrogen and oxygen atoms in total. The average molecular weight is 373 g/mol. The number of hydrogen-bond acceptors (Lipinski definition) is 5. The number of halogens is 1. The zero-order chi connectivity index (χ0) is 18.7. The van der Waals surface area contributed by atoms with Gasteiger partial charge >= 0.3 is 5.97 Å². The number of anilines is 1. The van der Waals surface area contributed by atoms with E-state index in [0.717, 1.165) is 16.5 Å². The number of alkyl halides is 1. The first-order valence-electron chi connectivity index (χ1n) is 8.02. The normalized spacial score (nSPS) is 10.7. The molecular formula is C18H17ClN4O3. The maximum absolute atomic E-state index is 12.2. The number of hydrogen-bond donors (Lipinski definition) is 1.